The highest BCUT2D eigenvalue weighted by atomic mass is 19.4. The van der Waals surface area contributed by atoms with Crippen molar-refractivity contribution < 1.29 is 23.1 Å². The molecule has 21 heavy (non-hydrogen) atoms. The van der Waals surface area contributed by atoms with Gasteiger partial charge in [-0.15, -0.1) is 0 Å². The van der Waals surface area contributed by atoms with E-state index in [1.807, 2.05) is 0 Å². The van der Waals surface area contributed by atoms with E-state index in [1.54, 1.807) is 0 Å². The van der Waals surface area contributed by atoms with Crippen molar-refractivity contribution in [3.63, 3.8) is 0 Å². The van der Waals surface area contributed by atoms with Gasteiger partial charge in [-0.05, 0) is 48.9 Å². The van der Waals surface area contributed by atoms with Crippen molar-refractivity contribution in [2.24, 2.45) is 5.92 Å². The lowest BCUT2D eigenvalue weighted by atomic mass is 9.89. The van der Waals surface area contributed by atoms with Crippen LogP contribution in [0.25, 0.3) is 0 Å². The van der Waals surface area contributed by atoms with Gasteiger partial charge >= 0.3 is 12.3 Å². The molecule has 1 aromatic carbocycles. The van der Waals surface area contributed by atoms with Gasteiger partial charge in [-0.2, -0.15) is 13.2 Å². The predicted molar refractivity (Wildman–Crippen MR) is 70.1 cm³/mol. The zero-order valence-electron chi connectivity index (χ0n) is 11.1. The highest BCUT2D eigenvalue weighted by Gasteiger charge is 2.39. The monoisotopic (exact) mass is 300 g/mol. The smallest absolute Gasteiger partial charge is 0.416 e. The van der Waals surface area contributed by atoms with E-state index < -0.39 is 23.9 Å². The minimum absolute atomic E-state index is 0.117. The summed E-state index contributed by atoms with van der Waals surface area (Å²) in [7, 11) is 0. The van der Waals surface area contributed by atoms with Crippen molar-refractivity contribution in [3.05, 3.63) is 29.3 Å². The van der Waals surface area contributed by atoms with Crippen molar-refractivity contribution in [3.8, 4) is 0 Å². The summed E-state index contributed by atoms with van der Waals surface area (Å²) in [5.74, 6) is 0.485. The van der Waals surface area contributed by atoms with E-state index in [-0.39, 0.29) is 6.04 Å². The Morgan fingerprint density at radius 3 is 2.62 bits per heavy atom. The van der Waals surface area contributed by atoms with E-state index in [9.17, 15) is 18.0 Å². The number of carbonyl (C=O) groups is 1. The number of hydrogen-bond donors (Lipinski definition) is 3. The van der Waals surface area contributed by atoms with Gasteiger partial charge in [0, 0.05) is 11.7 Å². The van der Waals surface area contributed by atoms with Gasteiger partial charge in [-0.3, -0.25) is 0 Å². The van der Waals surface area contributed by atoms with Gasteiger partial charge in [0.15, 0.2) is 0 Å². The molecule has 1 heterocycles. The molecule has 1 aliphatic heterocycles. The molecule has 7 heteroatoms. The van der Waals surface area contributed by atoms with Gasteiger partial charge in [0.2, 0.25) is 0 Å². The summed E-state index contributed by atoms with van der Waals surface area (Å²) in [6.45, 7) is 0. The first-order valence-corrected chi connectivity index (χ1v) is 6.82. The summed E-state index contributed by atoms with van der Waals surface area (Å²) in [4.78, 5) is 10.9. The van der Waals surface area contributed by atoms with Crippen molar-refractivity contribution in [1.29, 1.82) is 0 Å². The zero-order valence-corrected chi connectivity index (χ0v) is 11.1. The molecule has 1 amide bonds. The van der Waals surface area contributed by atoms with Crippen LogP contribution >= 0.6 is 0 Å². The molecular formula is C14H15F3N2O2. The Hall–Kier alpha value is -1.92. The molecule has 1 fully saturated rings. The highest BCUT2D eigenvalue weighted by molar-refractivity contribution is 5.67. The third-order valence-electron chi connectivity index (χ3n) is 4.07. The maximum absolute atomic E-state index is 12.8. The molecule has 3 N–H and O–H groups in total. The summed E-state index contributed by atoms with van der Waals surface area (Å²) < 4.78 is 38.4. The van der Waals surface area contributed by atoms with Crippen LogP contribution in [0.2, 0.25) is 0 Å². The molecular weight excluding hydrogens is 285 g/mol. The Morgan fingerprint density at radius 2 is 2.05 bits per heavy atom. The van der Waals surface area contributed by atoms with Gasteiger partial charge < -0.3 is 15.7 Å². The number of fused-ring (bicyclic) bond motifs is 1. The normalized spacial score (nSPS) is 24.9. The molecule has 1 aromatic rings. The predicted octanol–water partition coefficient (Wildman–Crippen LogP) is 3.61. The quantitative estimate of drug-likeness (QED) is 0.782. The number of nitrogens with one attached hydrogen (secondary N) is 2. The Morgan fingerprint density at radius 1 is 1.33 bits per heavy atom. The van der Waals surface area contributed by atoms with E-state index in [4.69, 9.17) is 5.11 Å². The Bertz CT molecular complexity index is 570. The summed E-state index contributed by atoms with van der Waals surface area (Å²) in [6.07, 6.45) is -3.03. The van der Waals surface area contributed by atoms with Gasteiger partial charge in [-0.25, -0.2) is 4.79 Å². The van der Waals surface area contributed by atoms with Crippen molar-refractivity contribution in [2.75, 3.05) is 5.32 Å². The Labute approximate surface area is 119 Å². The minimum atomic E-state index is -4.43. The zero-order chi connectivity index (χ0) is 15.2. The average molecular weight is 300 g/mol. The first-order valence-electron chi connectivity index (χ1n) is 6.82. The number of rotatable bonds is 2. The van der Waals surface area contributed by atoms with E-state index in [1.165, 1.54) is 6.07 Å². The van der Waals surface area contributed by atoms with E-state index >= 15 is 0 Å². The summed E-state index contributed by atoms with van der Waals surface area (Å²) in [5, 5.41) is 14.5. The summed E-state index contributed by atoms with van der Waals surface area (Å²) in [5.41, 5.74) is 0.194. The van der Waals surface area contributed by atoms with E-state index in [0.717, 1.165) is 25.0 Å². The molecule has 1 aliphatic carbocycles. The van der Waals surface area contributed by atoms with Crippen LogP contribution in [0.5, 0.6) is 0 Å². The first kappa shape index (κ1) is 14.0. The maximum Gasteiger partial charge on any atom is 0.416 e. The molecule has 2 atom stereocenters. The maximum atomic E-state index is 12.8. The lowest BCUT2D eigenvalue weighted by Gasteiger charge is -2.33. The van der Waals surface area contributed by atoms with Crippen molar-refractivity contribution in [1.82, 2.24) is 5.32 Å². The molecule has 114 valence electrons. The summed E-state index contributed by atoms with van der Waals surface area (Å²) >= 11 is 0. The molecule has 0 aromatic heterocycles. The molecule has 0 radical (unpaired) electrons. The number of hydrogen-bond acceptors (Lipinski definition) is 2. The van der Waals surface area contributed by atoms with Crippen LogP contribution < -0.4 is 10.6 Å². The topological polar surface area (TPSA) is 61.4 Å². The fourth-order valence-corrected chi connectivity index (χ4v) is 2.89. The van der Waals surface area contributed by atoms with Gasteiger partial charge in [0.25, 0.3) is 0 Å². The second-order valence-corrected chi connectivity index (χ2v) is 5.63. The minimum Gasteiger partial charge on any atom is -0.465 e. The van der Waals surface area contributed by atoms with Gasteiger partial charge in [0.1, 0.15) is 0 Å². The fourth-order valence-electron chi connectivity index (χ4n) is 2.89. The average Bonchev–Trinajstić information content (AvgIpc) is 3.20. The lowest BCUT2D eigenvalue weighted by Crippen LogP contribution is -2.38. The van der Waals surface area contributed by atoms with Crippen molar-refractivity contribution >= 4 is 11.8 Å². The van der Waals surface area contributed by atoms with Crippen LogP contribution in [0.15, 0.2) is 18.2 Å². The van der Waals surface area contributed by atoms with Crippen LogP contribution in [-0.4, -0.2) is 17.2 Å². The second-order valence-electron chi connectivity index (χ2n) is 5.63. The third kappa shape index (κ3) is 2.91. The van der Waals surface area contributed by atoms with Crippen LogP contribution in [0, 0.1) is 5.92 Å². The standard InChI is InChI=1S/C14H15F3N2O2/c15-14(16,17)8-3-4-10-9(5-8)12(19-13(20)21)6-11(18-10)7-1-2-7/h3-5,7,11-12,18-19H,1-2,6H2,(H,20,21). The highest BCUT2D eigenvalue weighted by Crippen LogP contribution is 2.44. The SMILES string of the molecule is O=C(O)NC1CC(C2CC2)Nc2ccc(C(F)(F)F)cc21. The van der Waals surface area contributed by atoms with Crippen LogP contribution in [-0.2, 0) is 6.18 Å². The van der Waals surface area contributed by atoms with Gasteiger partial charge in [0.05, 0.1) is 11.6 Å². The van der Waals surface area contributed by atoms with E-state index in [0.29, 0.717) is 23.6 Å². The molecule has 4 nitrogen and oxygen atoms in total. The molecule has 0 spiro atoms. The molecule has 0 saturated heterocycles. The fraction of sp³-hybridized carbons (Fsp3) is 0.500. The number of alkyl halides is 3. The molecule has 3 rings (SSSR count). The number of amides is 1. The van der Waals surface area contributed by atoms with E-state index in [2.05, 4.69) is 10.6 Å². The molecule has 0 bridgehead atoms. The molecule has 1 saturated carbocycles. The van der Waals surface area contributed by atoms with Crippen LogP contribution in [0.3, 0.4) is 0 Å². The lowest BCUT2D eigenvalue weighted by molar-refractivity contribution is -0.137. The number of anilines is 1. The second kappa shape index (κ2) is 4.82. The van der Waals surface area contributed by atoms with Crippen molar-refractivity contribution in [2.45, 2.75) is 37.5 Å². The van der Waals surface area contributed by atoms with Crippen LogP contribution in [0.1, 0.15) is 36.4 Å². The molecule has 2 aliphatic rings. The molecule has 2 unspecified atom stereocenters. The largest absolute Gasteiger partial charge is 0.465 e. The number of carboxylic acid groups (broad SMARTS) is 1. The number of benzene rings is 1. The first-order chi connectivity index (χ1) is 9.84. The van der Waals surface area contributed by atoms with Crippen LogP contribution in [0.4, 0.5) is 23.7 Å². The number of halogens is 3. The van der Waals surface area contributed by atoms with Gasteiger partial charge in [-0.1, -0.05) is 0 Å². The Kier molecular flexibility index (Phi) is 3.22. The Balaban J connectivity index is 1.95. The summed E-state index contributed by atoms with van der Waals surface area (Å²) in [6, 6.07) is 2.96. The third-order valence-corrected chi connectivity index (χ3v) is 4.07.